The second-order valence-electron chi connectivity index (χ2n) is 7.19. The van der Waals surface area contributed by atoms with Gasteiger partial charge in [-0.3, -0.25) is 0 Å². The van der Waals surface area contributed by atoms with E-state index in [1.807, 2.05) is 0 Å². The number of carbonyl (C=O) groups is 1. The minimum atomic E-state index is -3.56. The Balaban J connectivity index is 1.87. The average Bonchev–Trinajstić information content (AvgIpc) is 2.80. The number of hydrogen-bond donors (Lipinski definition) is 0. The molecule has 4 heteroatoms. The van der Waals surface area contributed by atoms with Crippen LogP contribution in [0.3, 0.4) is 0 Å². The fourth-order valence-corrected chi connectivity index (χ4v) is 22.5. The van der Waals surface area contributed by atoms with Crippen LogP contribution in [0, 0.1) is 0 Å². The van der Waals surface area contributed by atoms with Gasteiger partial charge in [-0.15, -0.1) is 0 Å². The second-order valence-corrected chi connectivity index (χ2v) is 22.4. The molecule has 0 unspecified atom stereocenters. The van der Waals surface area contributed by atoms with Crippen molar-refractivity contribution in [2.24, 2.45) is 0 Å². The molecular formula is C24H25NOSSn. The van der Waals surface area contributed by atoms with Crippen LogP contribution in [0.4, 0.5) is 4.79 Å². The number of likely N-dealkylation sites (tertiary alicyclic amines) is 1. The van der Waals surface area contributed by atoms with E-state index in [4.69, 9.17) is 0 Å². The van der Waals surface area contributed by atoms with Gasteiger partial charge in [0.2, 0.25) is 0 Å². The molecule has 1 aliphatic heterocycles. The molecule has 0 aromatic heterocycles. The van der Waals surface area contributed by atoms with Crippen molar-refractivity contribution in [3.05, 3.63) is 91.0 Å². The van der Waals surface area contributed by atoms with Gasteiger partial charge in [0, 0.05) is 0 Å². The van der Waals surface area contributed by atoms with E-state index in [2.05, 4.69) is 95.9 Å². The summed E-state index contributed by atoms with van der Waals surface area (Å²) in [7, 11) is 1.65. The Morgan fingerprint density at radius 3 is 1.43 bits per heavy atom. The van der Waals surface area contributed by atoms with Gasteiger partial charge in [-0.2, -0.15) is 0 Å². The van der Waals surface area contributed by atoms with Crippen molar-refractivity contribution in [2.45, 2.75) is 19.3 Å². The summed E-state index contributed by atoms with van der Waals surface area (Å²) in [6.45, 7) is 1.79. The predicted molar refractivity (Wildman–Crippen MR) is 122 cm³/mol. The zero-order valence-electron chi connectivity index (χ0n) is 16.0. The summed E-state index contributed by atoms with van der Waals surface area (Å²) < 4.78 is 4.01. The first-order chi connectivity index (χ1) is 13.8. The summed E-state index contributed by atoms with van der Waals surface area (Å²) in [4.78, 5) is 15.6. The molecule has 1 heterocycles. The quantitative estimate of drug-likeness (QED) is 0.512. The van der Waals surface area contributed by atoms with Gasteiger partial charge in [0.25, 0.3) is 0 Å². The topological polar surface area (TPSA) is 20.3 Å². The van der Waals surface area contributed by atoms with Gasteiger partial charge in [0.05, 0.1) is 0 Å². The summed E-state index contributed by atoms with van der Waals surface area (Å²) in [5, 5.41) is 0.257. The van der Waals surface area contributed by atoms with E-state index in [0.717, 1.165) is 25.9 Å². The number of rotatable bonds is 4. The standard InChI is InChI=1S/C6H11NOS.3C6H5.Sn/c8-6(9)7-4-2-1-3-5-7;3*1-2-4-6-5-3-1;/h1-5H2,(H,8,9);3*1-5H;/q;;;;+1/p-1. The van der Waals surface area contributed by atoms with Gasteiger partial charge in [-0.25, -0.2) is 0 Å². The fourth-order valence-electron chi connectivity index (χ4n) is 3.97. The Kier molecular flexibility index (Phi) is 6.43. The van der Waals surface area contributed by atoms with Crippen molar-refractivity contribution in [3.63, 3.8) is 0 Å². The van der Waals surface area contributed by atoms with Crippen LogP contribution in [0.15, 0.2) is 91.0 Å². The van der Waals surface area contributed by atoms with Crippen LogP contribution >= 0.6 is 8.95 Å². The molecule has 142 valence electrons. The molecule has 0 spiro atoms. The van der Waals surface area contributed by atoms with E-state index in [1.165, 1.54) is 17.2 Å². The van der Waals surface area contributed by atoms with Crippen LogP contribution in [0.2, 0.25) is 0 Å². The number of nitrogens with zero attached hydrogens (tertiary/aromatic N) is 1. The molecule has 2 nitrogen and oxygen atoms in total. The van der Waals surface area contributed by atoms with Gasteiger partial charge < -0.3 is 0 Å². The molecule has 0 bridgehead atoms. The van der Waals surface area contributed by atoms with E-state index >= 15 is 0 Å². The zero-order chi connectivity index (χ0) is 19.2. The summed E-state index contributed by atoms with van der Waals surface area (Å²) in [6, 6.07) is 32.2. The van der Waals surface area contributed by atoms with Gasteiger partial charge in [-0.1, -0.05) is 0 Å². The molecule has 0 aliphatic carbocycles. The minimum absolute atomic E-state index is 0.257. The maximum atomic E-state index is 13.5. The first-order valence-electron chi connectivity index (χ1n) is 9.95. The van der Waals surface area contributed by atoms with E-state index in [-0.39, 0.29) is 5.24 Å². The van der Waals surface area contributed by atoms with Gasteiger partial charge >= 0.3 is 175 Å². The zero-order valence-corrected chi connectivity index (χ0v) is 19.6. The number of carbonyl (C=O) groups excluding carboxylic acids is 1. The van der Waals surface area contributed by atoms with Crippen molar-refractivity contribution >= 4 is 41.9 Å². The van der Waals surface area contributed by atoms with E-state index < -0.39 is 17.0 Å². The van der Waals surface area contributed by atoms with Crippen molar-refractivity contribution in [1.82, 2.24) is 4.90 Å². The molecule has 4 rings (SSSR count). The van der Waals surface area contributed by atoms with Gasteiger partial charge in [0.15, 0.2) is 0 Å². The van der Waals surface area contributed by atoms with Gasteiger partial charge in [-0.05, 0) is 0 Å². The molecule has 1 fully saturated rings. The first kappa shape index (κ1) is 19.6. The van der Waals surface area contributed by atoms with Crippen molar-refractivity contribution in [2.75, 3.05) is 13.1 Å². The van der Waals surface area contributed by atoms with Crippen LogP contribution in [0.1, 0.15) is 19.3 Å². The molecule has 1 aliphatic rings. The molecule has 0 radical (unpaired) electrons. The van der Waals surface area contributed by atoms with Crippen LogP contribution < -0.4 is 10.7 Å². The molecule has 1 amide bonds. The predicted octanol–water partition coefficient (Wildman–Crippen LogP) is 3.99. The normalized spacial score (nSPS) is 14.6. The molecule has 28 heavy (non-hydrogen) atoms. The van der Waals surface area contributed by atoms with Crippen LogP contribution in [0.5, 0.6) is 0 Å². The molecule has 3 aromatic rings. The molecule has 1 saturated heterocycles. The Morgan fingerprint density at radius 1 is 0.643 bits per heavy atom. The summed E-state index contributed by atoms with van der Waals surface area (Å²) in [5.41, 5.74) is 0. The Bertz CT molecular complexity index is 799. The van der Waals surface area contributed by atoms with E-state index in [0.29, 0.717) is 0 Å². The third-order valence-corrected chi connectivity index (χ3v) is 24.8. The van der Waals surface area contributed by atoms with Crippen LogP contribution in [-0.4, -0.2) is 40.2 Å². The molecule has 3 aromatic carbocycles. The summed E-state index contributed by atoms with van der Waals surface area (Å²) in [6.07, 6.45) is 3.48. The van der Waals surface area contributed by atoms with Crippen LogP contribution in [-0.2, 0) is 0 Å². The summed E-state index contributed by atoms with van der Waals surface area (Å²) in [5.74, 6) is 0. The molecular weight excluding hydrogens is 469 g/mol. The van der Waals surface area contributed by atoms with E-state index in [1.54, 1.807) is 8.95 Å². The molecule has 0 saturated carbocycles. The molecule has 0 atom stereocenters. The van der Waals surface area contributed by atoms with E-state index in [9.17, 15) is 4.79 Å². The number of hydrogen-bond acceptors (Lipinski definition) is 2. The van der Waals surface area contributed by atoms with Crippen molar-refractivity contribution in [3.8, 4) is 0 Å². The third-order valence-electron chi connectivity index (χ3n) is 5.40. The molecule has 0 N–H and O–H groups in total. The SMILES string of the molecule is O=C([S][Sn]([c]1ccccc1)([c]1ccccc1)[c]1ccccc1)N1CCCCC1. The fraction of sp³-hybridized carbons (Fsp3) is 0.208. The van der Waals surface area contributed by atoms with Crippen LogP contribution in [0.25, 0.3) is 0 Å². The maximum absolute atomic E-state index is 13.5. The van der Waals surface area contributed by atoms with Crippen molar-refractivity contribution in [1.29, 1.82) is 0 Å². The average molecular weight is 494 g/mol. The number of amides is 1. The third kappa shape index (κ3) is 4.01. The number of piperidine rings is 1. The van der Waals surface area contributed by atoms with Gasteiger partial charge in [0.1, 0.15) is 0 Å². The number of benzene rings is 3. The summed E-state index contributed by atoms with van der Waals surface area (Å²) >= 11 is -3.56. The Labute approximate surface area is 174 Å². The first-order valence-corrected chi connectivity index (χ1v) is 18.5. The second kappa shape index (κ2) is 9.18. The van der Waals surface area contributed by atoms with Crippen molar-refractivity contribution < 1.29 is 4.79 Å². The Morgan fingerprint density at radius 2 is 1.04 bits per heavy atom. The monoisotopic (exact) mass is 495 g/mol. The Hall–Kier alpha value is -1.72.